The second-order valence-electron chi connectivity index (χ2n) is 3.30. The minimum absolute atomic E-state index is 0.353. The molecule has 0 bridgehead atoms. The zero-order chi connectivity index (χ0) is 9.56. The van der Waals surface area contributed by atoms with E-state index in [1.54, 1.807) is 13.0 Å². The summed E-state index contributed by atoms with van der Waals surface area (Å²) in [5, 5.41) is 8.55. The summed E-state index contributed by atoms with van der Waals surface area (Å²) in [7, 11) is 0. The molecule has 0 saturated carbocycles. The Hall–Kier alpha value is -0.790. The Balaban J connectivity index is 3.68. The smallest absolute Gasteiger partial charge is 0.310 e. The van der Waals surface area contributed by atoms with Crippen LogP contribution in [0.5, 0.6) is 0 Å². The predicted octanol–water partition coefficient (Wildman–Crippen LogP) is 2.70. The molecule has 0 aromatic heterocycles. The van der Waals surface area contributed by atoms with Gasteiger partial charge in [0, 0.05) is 0 Å². The third-order valence-corrected chi connectivity index (χ3v) is 2.05. The molecule has 2 nitrogen and oxygen atoms in total. The van der Waals surface area contributed by atoms with Gasteiger partial charge in [0.25, 0.3) is 0 Å². The standard InChI is InChI=1S/C10H18O2/c1-4-8(2)6-5-7-9(3)10(11)12/h5,7-9H,4,6H2,1-3H3,(H,11,12). The van der Waals surface area contributed by atoms with Crippen molar-refractivity contribution in [2.45, 2.75) is 33.6 Å². The van der Waals surface area contributed by atoms with Crippen LogP contribution >= 0.6 is 0 Å². The fourth-order valence-corrected chi connectivity index (χ4v) is 0.764. The first kappa shape index (κ1) is 11.2. The molecule has 12 heavy (non-hydrogen) atoms. The van der Waals surface area contributed by atoms with Crippen LogP contribution < -0.4 is 0 Å². The number of carbonyl (C=O) groups is 1. The van der Waals surface area contributed by atoms with Gasteiger partial charge < -0.3 is 5.11 Å². The summed E-state index contributed by atoms with van der Waals surface area (Å²) in [5.74, 6) is -0.452. The van der Waals surface area contributed by atoms with Crippen molar-refractivity contribution < 1.29 is 9.90 Å². The summed E-state index contributed by atoms with van der Waals surface area (Å²) in [6.07, 6.45) is 5.85. The minimum Gasteiger partial charge on any atom is -0.481 e. The maximum Gasteiger partial charge on any atom is 0.310 e. The first-order valence-electron chi connectivity index (χ1n) is 4.47. The maximum atomic E-state index is 10.4. The first-order valence-corrected chi connectivity index (χ1v) is 4.47. The van der Waals surface area contributed by atoms with Crippen molar-refractivity contribution in [3.8, 4) is 0 Å². The highest BCUT2D eigenvalue weighted by Gasteiger charge is 2.04. The van der Waals surface area contributed by atoms with Crippen molar-refractivity contribution in [1.82, 2.24) is 0 Å². The normalized spacial score (nSPS) is 16.2. The second-order valence-corrected chi connectivity index (χ2v) is 3.30. The van der Waals surface area contributed by atoms with Crippen molar-refractivity contribution in [3.05, 3.63) is 12.2 Å². The highest BCUT2D eigenvalue weighted by molar-refractivity contribution is 5.71. The number of hydrogen-bond donors (Lipinski definition) is 1. The van der Waals surface area contributed by atoms with Gasteiger partial charge in [-0.25, -0.2) is 0 Å². The molecule has 0 radical (unpaired) electrons. The van der Waals surface area contributed by atoms with Gasteiger partial charge in [0.15, 0.2) is 0 Å². The zero-order valence-electron chi connectivity index (χ0n) is 8.08. The van der Waals surface area contributed by atoms with E-state index in [0.29, 0.717) is 5.92 Å². The fourth-order valence-electron chi connectivity index (χ4n) is 0.764. The van der Waals surface area contributed by atoms with Gasteiger partial charge in [0.05, 0.1) is 5.92 Å². The SMILES string of the molecule is CCC(C)CC=CC(C)C(=O)O. The van der Waals surface area contributed by atoms with Crippen molar-refractivity contribution in [1.29, 1.82) is 0 Å². The van der Waals surface area contributed by atoms with Crippen LogP contribution in [0.1, 0.15) is 33.6 Å². The summed E-state index contributed by atoms with van der Waals surface area (Å²) in [5.41, 5.74) is 0. The minimum atomic E-state index is -0.754. The molecule has 0 aliphatic carbocycles. The van der Waals surface area contributed by atoms with E-state index in [9.17, 15) is 4.79 Å². The number of aliphatic carboxylic acids is 1. The van der Waals surface area contributed by atoms with E-state index in [4.69, 9.17) is 5.11 Å². The van der Waals surface area contributed by atoms with Crippen LogP contribution in [-0.4, -0.2) is 11.1 Å². The van der Waals surface area contributed by atoms with E-state index in [1.807, 2.05) is 6.08 Å². The summed E-state index contributed by atoms with van der Waals surface area (Å²) in [6.45, 7) is 5.99. The van der Waals surface area contributed by atoms with Gasteiger partial charge in [-0.2, -0.15) is 0 Å². The van der Waals surface area contributed by atoms with Crippen LogP contribution in [0.4, 0.5) is 0 Å². The monoisotopic (exact) mass is 170 g/mol. The maximum absolute atomic E-state index is 10.4. The van der Waals surface area contributed by atoms with Gasteiger partial charge in [-0.1, -0.05) is 32.4 Å². The Morgan fingerprint density at radius 3 is 2.50 bits per heavy atom. The highest BCUT2D eigenvalue weighted by atomic mass is 16.4. The molecular formula is C10H18O2. The largest absolute Gasteiger partial charge is 0.481 e. The van der Waals surface area contributed by atoms with Crippen molar-refractivity contribution >= 4 is 5.97 Å². The molecule has 0 aromatic rings. The molecule has 0 saturated heterocycles. The van der Waals surface area contributed by atoms with Gasteiger partial charge in [0.2, 0.25) is 0 Å². The van der Waals surface area contributed by atoms with Crippen molar-refractivity contribution in [3.63, 3.8) is 0 Å². The number of allylic oxidation sites excluding steroid dienone is 1. The Morgan fingerprint density at radius 2 is 2.08 bits per heavy atom. The lowest BCUT2D eigenvalue weighted by Crippen LogP contribution is -2.05. The average molecular weight is 170 g/mol. The summed E-state index contributed by atoms with van der Waals surface area (Å²) in [6, 6.07) is 0. The Morgan fingerprint density at radius 1 is 1.50 bits per heavy atom. The summed E-state index contributed by atoms with van der Waals surface area (Å²) in [4.78, 5) is 10.4. The number of rotatable bonds is 5. The lowest BCUT2D eigenvalue weighted by molar-refractivity contribution is -0.139. The van der Waals surface area contributed by atoms with Crippen molar-refractivity contribution in [2.75, 3.05) is 0 Å². The number of carboxylic acid groups (broad SMARTS) is 1. The second kappa shape index (κ2) is 5.81. The molecule has 0 fully saturated rings. The van der Waals surface area contributed by atoms with Crippen LogP contribution in [0.3, 0.4) is 0 Å². The number of carboxylic acids is 1. The van der Waals surface area contributed by atoms with Crippen LogP contribution in [-0.2, 0) is 4.79 Å². The van der Waals surface area contributed by atoms with Gasteiger partial charge in [-0.15, -0.1) is 0 Å². The lowest BCUT2D eigenvalue weighted by Gasteiger charge is -2.03. The van der Waals surface area contributed by atoms with E-state index < -0.39 is 5.97 Å². The van der Waals surface area contributed by atoms with Gasteiger partial charge >= 0.3 is 5.97 Å². The Labute approximate surface area is 74.3 Å². The van der Waals surface area contributed by atoms with E-state index >= 15 is 0 Å². The zero-order valence-corrected chi connectivity index (χ0v) is 8.08. The topological polar surface area (TPSA) is 37.3 Å². The summed E-state index contributed by atoms with van der Waals surface area (Å²) < 4.78 is 0. The molecule has 0 heterocycles. The molecule has 0 spiro atoms. The number of hydrogen-bond acceptors (Lipinski definition) is 1. The van der Waals surface area contributed by atoms with Crippen LogP contribution in [0.25, 0.3) is 0 Å². The predicted molar refractivity (Wildman–Crippen MR) is 50.0 cm³/mol. The molecule has 2 unspecified atom stereocenters. The molecule has 1 N–H and O–H groups in total. The molecule has 0 rings (SSSR count). The van der Waals surface area contributed by atoms with Crippen LogP contribution in [0.2, 0.25) is 0 Å². The lowest BCUT2D eigenvalue weighted by atomic mass is 10.0. The molecular weight excluding hydrogens is 152 g/mol. The molecule has 0 aromatic carbocycles. The van der Waals surface area contributed by atoms with Crippen LogP contribution in [0.15, 0.2) is 12.2 Å². The third kappa shape index (κ3) is 4.94. The van der Waals surface area contributed by atoms with Crippen molar-refractivity contribution in [2.24, 2.45) is 11.8 Å². The molecule has 2 atom stereocenters. The van der Waals surface area contributed by atoms with E-state index in [-0.39, 0.29) is 5.92 Å². The van der Waals surface area contributed by atoms with Crippen LogP contribution in [0, 0.1) is 11.8 Å². The molecule has 70 valence electrons. The first-order chi connectivity index (χ1) is 5.57. The Bertz CT molecular complexity index is 161. The third-order valence-electron chi connectivity index (χ3n) is 2.05. The van der Waals surface area contributed by atoms with Gasteiger partial charge in [-0.05, 0) is 19.3 Å². The van der Waals surface area contributed by atoms with E-state index in [2.05, 4.69) is 13.8 Å². The average Bonchev–Trinajstić information content (AvgIpc) is 2.03. The molecule has 0 amide bonds. The highest BCUT2D eigenvalue weighted by Crippen LogP contribution is 2.08. The quantitative estimate of drug-likeness (QED) is 0.644. The van der Waals surface area contributed by atoms with E-state index in [0.717, 1.165) is 12.8 Å². The molecule has 0 aliphatic rings. The molecule has 0 aliphatic heterocycles. The molecule has 2 heteroatoms. The Kier molecular flexibility index (Phi) is 5.43. The van der Waals surface area contributed by atoms with E-state index in [1.165, 1.54) is 0 Å². The van der Waals surface area contributed by atoms with Gasteiger partial charge in [-0.3, -0.25) is 4.79 Å². The fraction of sp³-hybridized carbons (Fsp3) is 0.700. The van der Waals surface area contributed by atoms with Gasteiger partial charge in [0.1, 0.15) is 0 Å². The summed E-state index contributed by atoms with van der Waals surface area (Å²) >= 11 is 0.